The highest BCUT2D eigenvalue weighted by molar-refractivity contribution is 5.77. The first-order valence-corrected chi connectivity index (χ1v) is 8.12. The summed E-state index contributed by atoms with van der Waals surface area (Å²) in [5.41, 5.74) is 0.891. The van der Waals surface area contributed by atoms with E-state index in [0.29, 0.717) is 12.8 Å². The predicted octanol–water partition coefficient (Wildman–Crippen LogP) is 2.42. The van der Waals surface area contributed by atoms with Gasteiger partial charge >= 0.3 is 0 Å². The lowest BCUT2D eigenvalue weighted by molar-refractivity contribution is -0.384. The number of nitro groups is 1. The highest BCUT2D eigenvalue weighted by Gasteiger charge is 2.28. The lowest BCUT2D eigenvalue weighted by Crippen LogP contribution is -2.38. The van der Waals surface area contributed by atoms with Gasteiger partial charge in [-0.2, -0.15) is 0 Å². The Kier molecular flexibility index (Phi) is 4.88. The number of hydrogen-bond acceptors (Lipinski definition) is 4. The fourth-order valence-electron chi connectivity index (χ4n) is 3.21. The minimum Gasteiger partial charge on any atom is -0.338 e. The van der Waals surface area contributed by atoms with Crippen molar-refractivity contribution in [3.63, 3.8) is 0 Å². The fraction of sp³-hybridized carbons (Fsp3) is 0.412. The highest BCUT2D eigenvalue weighted by atomic mass is 16.6. The van der Waals surface area contributed by atoms with Crippen LogP contribution in [0.4, 0.5) is 5.69 Å². The number of hydrogen-bond donors (Lipinski definition) is 0. The Morgan fingerprint density at radius 3 is 3.04 bits per heavy atom. The molecular formula is C17H20N4O3. The van der Waals surface area contributed by atoms with Gasteiger partial charge in [-0.15, -0.1) is 0 Å². The van der Waals surface area contributed by atoms with E-state index in [1.165, 1.54) is 6.07 Å². The number of aromatic nitrogens is 2. The zero-order chi connectivity index (χ0) is 16.9. The van der Waals surface area contributed by atoms with Gasteiger partial charge in [0.15, 0.2) is 0 Å². The van der Waals surface area contributed by atoms with Crippen molar-refractivity contribution in [2.75, 3.05) is 6.54 Å². The van der Waals surface area contributed by atoms with E-state index in [2.05, 4.69) is 4.98 Å². The molecule has 7 heteroatoms. The fourth-order valence-corrected chi connectivity index (χ4v) is 3.21. The lowest BCUT2D eigenvalue weighted by atomic mass is 10.1. The largest absolute Gasteiger partial charge is 0.338 e. The van der Waals surface area contributed by atoms with E-state index in [1.807, 2.05) is 21.7 Å². The SMILES string of the molecule is O=C(CCc1cccc([N+](=O)[O-])c1)N1CCC[C@H]1Cn1ccnc1. The van der Waals surface area contributed by atoms with Gasteiger partial charge in [-0.3, -0.25) is 14.9 Å². The first kappa shape index (κ1) is 16.2. The molecule has 2 aromatic rings. The molecule has 0 unspecified atom stereocenters. The van der Waals surface area contributed by atoms with Crippen LogP contribution in [0.5, 0.6) is 0 Å². The summed E-state index contributed by atoms with van der Waals surface area (Å²) in [6.07, 6.45) is 8.33. The number of carbonyl (C=O) groups excluding carboxylic acids is 1. The standard InChI is InChI=1S/C17H20N4O3/c22-17(7-6-14-3-1-4-15(11-14)21(23)24)20-9-2-5-16(20)12-19-10-8-18-13-19/h1,3-4,8,10-11,13,16H,2,5-7,9,12H2/t16-/m0/s1. The molecule has 1 aromatic carbocycles. The maximum absolute atomic E-state index is 12.5. The molecule has 0 spiro atoms. The van der Waals surface area contributed by atoms with Gasteiger partial charge in [0.2, 0.25) is 5.91 Å². The predicted molar refractivity (Wildman–Crippen MR) is 88.4 cm³/mol. The number of benzene rings is 1. The number of imidazole rings is 1. The Bertz CT molecular complexity index is 714. The van der Waals surface area contributed by atoms with E-state index in [-0.39, 0.29) is 17.6 Å². The van der Waals surface area contributed by atoms with E-state index in [9.17, 15) is 14.9 Å². The second kappa shape index (κ2) is 7.25. The van der Waals surface area contributed by atoms with E-state index in [4.69, 9.17) is 0 Å². The number of nitro benzene ring substituents is 1. The average molecular weight is 328 g/mol. The summed E-state index contributed by atoms with van der Waals surface area (Å²) in [6, 6.07) is 6.70. The molecule has 1 aliphatic rings. The van der Waals surface area contributed by atoms with Gasteiger partial charge in [0.1, 0.15) is 0 Å². The Morgan fingerprint density at radius 2 is 2.29 bits per heavy atom. The molecule has 1 saturated heterocycles. The number of non-ortho nitro benzene ring substituents is 1. The summed E-state index contributed by atoms with van der Waals surface area (Å²) in [7, 11) is 0. The average Bonchev–Trinajstić information content (AvgIpc) is 3.25. The molecule has 126 valence electrons. The molecule has 0 bridgehead atoms. The highest BCUT2D eigenvalue weighted by Crippen LogP contribution is 2.21. The summed E-state index contributed by atoms with van der Waals surface area (Å²) in [6.45, 7) is 1.55. The van der Waals surface area contributed by atoms with E-state index < -0.39 is 4.92 Å². The van der Waals surface area contributed by atoms with Gasteiger partial charge in [0, 0.05) is 50.1 Å². The molecule has 1 fully saturated rings. The lowest BCUT2D eigenvalue weighted by Gasteiger charge is -2.25. The van der Waals surface area contributed by atoms with Gasteiger partial charge in [-0.1, -0.05) is 12.1 Å². The van der Waals surface area contributed by atoms with Gasteiger partial charge in [0.25, 0.3) is 5.69 Å². The normalized spacial score (nSPS) is 17.2. The summed E-state index contributed by atoms with van der Waals surface area (Å²) in [4.78, 5) is 28.9. The van der Waals surface area contributed by atoms with Gasteiger partial charge in [0.05, 0.1) is 11.3 Å². The smallest absolute Gasteiger partial charge is 0.269 e. The van der Waals surface area contributed by atoms with E-state index in [1.54, 1.807) is 24.7 Å². The van der Waals surface area contributed by atoms with Crippen LogP contribution in [-0.4, -0.2) is 37.9 Å². The third-order valence-corrected chi connectivity index (χ3v) is 4.43. The van der Waals surface area contributed by atoms with Crippen molar-refractivity contribution in [2.45, 2.75) is 38.3 Å². The monoisotopic (exact) mass is 328 g/mol. The Labute approximate surface area is 140 Å². The molecule has 0 saturated carbocycles. The number of aryl methyl sites for hydroxylation is 1. The number of likely N-dealkylation sites (tertiary alicyclic amines) is 1. The van der Waals surface area contributed by atoms with Crippen molar-refractivity contribution in [3.05, 3.63) is 58.7 Å². The summed E-state index contributed by atoms with van der Waals surface area (Å²) in [5.74, 6) is 0.115. The van der Waals surface area contributed by atoms with Crippen molar-refractivity contribution in [1.82, 2.24) is 14.5 Å². The van der Waals surface area contributed by atoms with Crippen molar-refractivity contribution in [2.24, 2.45) is 0 Å². The van der Waals surface area contributed by atoms with E-state index >= 15 is 0 Å². The molecule has 0 aliphatic carbocycles. The second-order valence-electron chi connectivity index (χ2n) is 6.07. The minimum atomic E-state index is -0.410. The van der Waals surface area contributed by atoms with Gasteiger partial charge < -0.3 is 9.47 Å². The van der Waals surface area contributed by atoms with Crippen LogP contribution in [-0.2, 0) is 17.8 Å². The van der Waals surface area contributed by atoms with Crippen LogP contribution >= 0.6 is 0 Å². The minimum absolute atomic E-state index is 0.0686. The number of nitrogens with zero attached hydrogens (tertiary/aromatic N) is 4. The van der Waals surface area contributed by atoms with Crippen LogP contribution < -0.4 is 0 Å². The molecule has 0 radical (unpaired) electrons. The Hall–Kier alpha value is -2.70. The van der Waals surface area contributed by atoms with Crippen LogP contribution in [0.2, 0.25) is 0 Å². The summed E-state index contributed by atoms with van der Waals surface area (Å²) in [5, 5.41) is 10.8. The zero-order valence-corrected chi connectivity index (χ0v) is 13.4. The molecule has 2 heterocycles. The van der Waals surface area contributed by atoms with Crippen LogP contribution in [0.3, 0.4) is 0 Å². The third kappa shape index (κ3) is 3.79. The van der Waals surface area contributed by atoms with Crippen LogP contribution in [0.1, 0.15) is 24.8 Å². The first-order chi connectivity index (χ1) is 11.6. The van der Waals surface area contributed by atoms with Crippen LogP contribution in [0.25, 0.3) is 0 Å². The van der Waals surface area contributed by atoms with E-state index in [0.717, 1.165) is 31.5 Å². The Morgan fingerprint density at radius 1 is 1.42 bits per heavy atom. The first-order valence-electron chi connectivity index (χ1n) is 8.12. The van der Waals surface area contributed by atoms with Crippen molar-refractivity contribution in [1.29, 1.82) is 0 Å². The quantitative estimate of drug-likeness (QED) is 0.602. The molecule has 0 N–H and O–H groups in total. The molecule has 3 rings (SSSR count). The maximum atomic E-state index is 12.5. The maximum Gasteiger partial charge on any atom is 0.269 e. The molecule has 7 nitrogen and oxygen atoms in total. The summed E-state index contributed by atoms with van der Waals surface area (Å²) >= 11 is 0. The second-order valence-corrected chi connectivity index (χ2v) is 6.07. The van der Waals surface area contributed by atoms with Crippen LogP contribution in [0.15, 0.2) is 43.0 Å². The van der Waals surface area contributed by atoms with Crippen molar-refractivity contribution in [3.8, 4) is 0 Å². The third-order valence-electron chi connectivity index (χ3n) is 4.43. The molecule has 1 aliphatic heterocycles. The number of amides is 1. The van der Waals surface area contributed by atoms with Gasteiger partial charge in [-0.25, -0.2) is 4.98 Å². The molecule has 24 heavy (non-hydrogen) atoms. The topological polar surface area (TPSA) is 81.3 Å². The molecular weight excluding hydrogens is 308 g/mol. The molecule has 1 aromatic heterocycles. The van der Waals surface area contributed by atoms with Crippen LogP contribution in [0, 0.1) is 10.1 Å². The van der Waals surface area contributed by atoms with Crippen molar-refractivity contribution >= 4 is 11.6 Å². The number of carbonyl (C=O) groups is 1. The zero-order valence-electron chi connectivity index (χ0n) is 13.4. The molecule has 1 amide bonds. The summed E-state index contributed by atoms with van der Waals surface area (Å²) < 4.78 is 2.00. The molecule has 1 atom stereocenters. The van der Waals surface area contributed by atoms with Gasteiger partial charge in [-0.05, 0) is 24.8 Å². The Balaban J connectivity index is 1.58. The number of rotatable bonds is 6. The van der Waals surface area contributed by atoms with Crippen molar-refractivity contribution < 1.29 is 9.72 Å².